The van der Waals surface area contributed by atoms with E-state index in [1.54, 1.807) is 6.07 Å². The van der Waals surface area contributed by atoms with Crippen LogP contribution in [0, 0.1) is 0 Å². The Morgan fingerprint density at radius 2 is 2.19 bits per heavy atom. The van der Waals surface area contributed by atoms with Crippen molar-refractivity contribution in [2.45, 2.75) is 19.4 Å². The summed E-state index contributed by atoms with van der Waals surface area (Å²) in [7, 11) is 0. The Bertz CT molecular complexity index is 360. The molecule has 1 aromatic carbocycles. The summed E-state index contributed by atoms with van der Waals surface area (Å²) in [6, 6.07) is 3.47. The molecule has 0 aliphatic heterocycles. The van der Waals surface area contributed by atoms with Gasteiger partial charge in [0.2, 0.25) is 0 Å². The molecule has 0 aromatic heterocycles. The number of benzene rings is 1. The van der Waals surface area contributed by atoms with Crippen molar-refractivity contribution in [3.05, 3.63) is 27.2 Å². The highest BCUT2D eigenvalue weighted by Gasteiger charge is 2.13. The molecule has 0 aliphatic rings. The van der Waals surface area contributed by atoms with Gasteiger partial charge in [0, 0.05) is 22.7 Å². The van der Waals surface area contributed by atoms with Crippen LogP contribution in [0.1, 0.15) is 24.9 Å². The fourth-order valence-corrected chi connectivity index (χ4v) is 2.26. The topological polar surface area (TPSA) is 52.5 Å². The molecule has 3 nitrogen and oxygen atoms in total. The minimum Gasteiger partial charge on any atom is -0.506 e. The van der Waals surface area contributed by atoms with Gasteiger partial charge in [-0.25, -0.2) is 0 Å². The van der Waals surface area contributed by atoms with Gasteiger partial charge >= 0.3 is 0 Å². The summed E-state index contributed by atoms with van der Waals surface area (Å²) in [5.74, 6) is 0.105. The smallest absolute Gasteiger partial charge is 0.139 e. The number of aliphatic hydroxyl groups is 1. The molecule has 1 atom stereocenters. The molecule has 0 amide bonds. The number of phenols is 1. The van der Waals surface area contributed by atoms with Crippen LogP contribution in [-0.4, -0.2) is 23.4 Å². The summed E-state index contributed by atoms with van der Waals surface area (Å²) >= 11 is 9.21. The van der Waals surface area contributed by atoms with E-state index in [2.05, 4.69) is 21.2 Å². The van der Waals surface area contributed by atoms with Gasteiger partial charge in [0.1, 0.15) is 5.75 Å². The summed E-state index contributed by atoms with van der Waals surface area (Å²) < 4.78 is 0.834. The lowest BCUT2D eigenvalue weighted by Gasteiger charge is -2.16. The first-order valence-electron chi connectivity index (χ1n) is 5.08. The van der Waals surface area contributed by atoms with Crippen LogP contribution < -0.4 is 5.32 Å². The largest absolute Gasteiger partial charge is 0.506 e. The maximum Gasteiger partial charge on any atom is 0.139 e. The number of nitrogens with one attached hydrogen (secondary N) is 1. The van der Waals surface area contributed by atoms with E-state index in [4.69, 9.17) is 16.7 Å². The van der Waals surface area contributed by atoms with Crippen molar-refractivity contribution < 1.29 is 10.2 Å². The van der Waals surface area contributed by atoms with Crippen LogP contribution in [0.4, 0.5) is 0 Å². The second-order valence-electron chi connectivity index (χ2n) is 3.58. The maximum atomic E-state index is 9.81. The second kappa shape index (κ2) is 6.45. The van der Waals surface area contributed by atoms with Crippen molar-refractivity contribution in [3.8, 4) is 5.75 Å². The molecule has 0 bridgehead atoms. The average Bonchev–Trinajstić information content (AvgIpc) is 2.23. The van der Waals surface area contributed by atoms with Gasteiger partial charge in [-0.3, -0.25) is 0 Å². The Morgan fingerprint density at radius 1 is 1.50 bits per heavy atom. The van der Waals surface area contributed by atoms with Crippen molar-refractivity contribution in [1.29, 1.82) is 0 Å². The molecule has 1 unspecified atom stereocenters. The molecule has 0 radical (unpaired) electrons. The summed E-state index contributed by atoms with van der Waals surface area (Å²) in [6.45, 7) is 2.79. The Hall–Kier alpha value is -0.290. The molecule has 0 spiro atoms. The third-order valence-electron chi connectivity index (χ3n) is 2.31. The number of halogens is 2. The van der Waals surface area contributed by atoms with Crippen LogP contribution in [0.15, 0.2) is 16.6 Å². The number of aromatic hydroxyl groups is 1. The van der Waals surface area contributed by atoms with Crippen molar-refractivity contribution in [2.24, 2.45) is 0 Å². The van der Waals surface area contributed by atoms with Crippen molar-refractivity contribution in [1.82, 2.24) is 5.32 Å². The number of rotatable bonds is 5. The van der Waals surface area contributed by atoms with Crippen molar-refractivity contribution in [3.63, 3.8) is 0 Å². The lowest BCUT2D eigenvalue weighted by atomic mass is 10.1. The van der Waals surface area contributed by atoms with Crippen LogP contribution in [0.25, 0.3) is 0 Å². The zero-order valence-corrected chi connectivity index (χ0v) is 11.3. The van der Waals surface area contributed by atoms with Crippen molar-refractivity contribution >= 4 is 27.5 Å². The molecular weight excluding hydrogens is 293 g/mol. The zero-order chi connectivity index (χ0) is 12.1. The fraction of sp³-hybridized carbons (Fsp3) is 0.455. The van der Waals surface area contributed by atoms with Gasteiger partial charge in [-0.05, 0) is 32.0 Å². The van der Waals surface area contributed by atoms with Crippen LogP contribution in [-0.2, 0) is 0 Å². The molecule has 0 fully saturated rings. The first-order chi connectivity index (χ1) is 7.56. The first-order valence-corrected chi connectivity index (χ1v) is 6.25. The minimum atomic E-state index is -0.0125. The number of hydrogen-bond acceptors (Lipinski definition) is 3. The monoisotopic (exact) mass is 307 g/mol. The van der Waals surface area contributed by atoms with E-state index in [9.17, 15) is 5.11 Å². The Morgan fingerprint density at radius 3 is 2.81 bits per heavy atom. The summed E-state index contributed by atoms with van der Waals surface area (Å²) in [5.41, 5.74) is 0.748. The Labute approximate surface area is 109 Å². The number of hydrogen-bond donors (Lipinski definition) is 3. The summed E-state index contributed by atoms with van der Waals surface area (Å²) in [5, 5.41) is 22.0. The lowest BCUT2D eigenvalue weighted by Crippen LogP contribution is -2.20. The third kappa shape index (κ3) is 3.63. The van der Waals surface area contributed by atoms with Gasteiger partial charge in [-0.1, -0.05) is 27.5 Å². The van der Waals surface area contributed by atoms with E-state index < -0.39 is 0 Å². The van der Waals surface area contributed by atoms with E-state index in [0.29, 0.717) is 18.0 Å². The highest BCUT2D eigenvalue weighted by Crippen LogP contribution is 2.34. The summed E-state index contributed by atoms with van der Waals surface area (Å²) in [6.07, 6.45) is 0.687. The molecule has 0 heterocycles. The predicted octanol–water partition coefficient (Wildman–Crippen LogP) is 2.84. The quantitative estimate of drug-likeness (QED) is 0.733. The molecule has 16 heavy (non-hydrogen) atoms. The van der Waals surface area contributed by atoms with Gasteiger partial charge in [-0.2, -0.15) is 0 Å². The minimum absolute atomic E-state index is 0.0125. The van der Waals surface area contributed by atoms with Crippen LogP contribution >= 0.6 is 27.5 Å². The SMILES string of the molecule is CC(NCCCO)c1cc(Br)cc(Cl)c1O. The van der Waals surface area contributed by atoms with Gasteiger partial charge in [0.15, 0.2) is 0 Å². The summed E-state index contributed by atoms with van der Waals surface area (Å²) in [4.78, 5) is 0. The van der Waals surface area contributed by atoms with Crippen molar-refractivity contribution in [2.75, 3.05) is 13.2 Å². The molecule has 90 valence electrons. The Kier molecular flexibility index (Phi) is 5.55. The normalized spacial score (nSPS) is 12.8. The maximum absolute atomic E-state index is 9.81. The van der Waals surface area contributed by atoms with Crippen LogP contribution in [0.3, 0.4) is 0 Å². The second-order valence-corrected chi connectivity index (χ2v) is 4.90. The standard InChI is InChI=1S/C11H15BrClNO2/c1-7(14-3-2-4-15)9-5-8(12)6-10(13)11(9)16/h5-7,14-16H,2-4H2,1H3. The highest BCUT2D eigenvalue weighted by atomic mass is 79.9. The average molecular weight is 309 g/mol. The van der Waals surface area contributed by atoms with E-state index in [0.717, 1.165) is 10.0 Å². The predicted molar refractivity (Wildman–Crippen MR) is 68.9 cm³/mol. The third-order valence-corrected chi connectivity index (χ3v) is 3.06. The van der Waals surface area contributed by atoms with Gasteiger partial charge in [-0.15, -0.1) is 0 Å². The molecule has 5 heteroatoms. The van der Waals surface area contributed by atoms with Crippen LogP contribution in [0.2, 0.25) is 5.02 Å². The van der Waals surface area contributed by atoms with E-state index >= 15 is 0 Å². The van der Waals surface area contributed by atoms with E-state index in [-0.39, 0.29) is 18.4 Å². The molecule has 0 aliphatic carbocycles. The molecule has 1 rings (SSSR count). The zero-order valence-electron chi connectivity index (χ0n) is 9.00. The Balaban J connectivity index is 2.78. The van der Waals surface area contributed by atoms with Gasteiger partial charge < -0.3 is 15.5 Å². The molecule has 0 saturated carbocycles. The number of aliphatic hydroxyl groups excluding tert-OH is 1. The van der Waals surface area contributed by atoms with E-state index in [1.165, 1.54) is 0 Å². The highest BCUT2D eigenvalue weighted by molar-refractivity contribution is 9.10. The van der Waals surface area contributed by atoms with Gasteiger partial charge in [0.05, 0.1) is 5.02 Å². The molecule has 1 aromatic rings. The molecular formula is C11H15BrClNO2. The first kappa shape index (κ1) is 13.8. The number of phenolic OH excluding ortho intramolecular Hbond substituents is 1. The molecule has 3 N–H and O–H groups in total. The lowest BCUT2D eigenvalue weighted by molar-refractivity contribution is 0.283. The molecule has 0 saturated heterocycles. The fourth-order valence-electron chi connectivity index (χ4n) is 1.42. The van der Waals surface area contributed by atoms with Crippen LogP contribution in [0.5, 0.6) is 5.75 Å². The van der Waals surface area contributed by atoms with Gasteiger partial charge in [0.25, 0.3) is 0 Å². The van der Waals surface area contributed by atoms with E-state index in [1.807, 2.05) is 13.0 Å².